The second-order valence-electron chi connectivity index (χ2n) is 6.48. The second-order valence-corrected chi connectivity index (χ2v) is 6.48. The summed E-state index contributed by atoms with van der Waals surface area (Å²) in [6.45, 7) is 4.57. The van der Waals surface area contributed by atoms with Crippen LogP contribution < -0.4 is 4.74 Å². The average molecular weight is 368 g/mol. The predicted octanol–water partition coefficient (Wildman–Crippen LogP) is 5.60. The summed E-state index contributed by atoms with van der Waals surface area (Å²) in [6.07, 6.45) is 6.25. The molecule has 0 radical (unpaired) electrons. The molecule has 27 heavy (non-hydrogen) atoms. The Morgan fingerprint density at radius 2 is 1.52 bits per heavy atom. The molecule has 0 saturated carbocycles. The summed E-state index contributed by atoms with van der Waals surface area (Å²) in [5.41, 5.74) is 1.66. The third kappa shape index (κ3) is 6.55. The number of esters is 2. The summed E-state index contributed by atoms with van der Waals surface area (Å²) in [6, 6.07) is 13.9. The highest BCUT2D eigenvalue weighted by molar-refractivity contribution is 5.96. The number of ether oxygens (including phenoxy) is 2. The molecule has 144 valence electrons. The Morgan fingerprint density at radius 3 is 2.26 bits per heavy atom. The van der Waals surface area contributed by atoms with Crippen LogP contribution in [-0.4, -0.2) is 18.5 Å². The first-order valence-corrected chi connectivity index (χ1v) is 9.73. The lowest BCUT2D eigenvalue weighted by molar-refractivity contribution is 0.0497. The zero-order chi connectivity index (χ0) is 19.5. The molecule has 0 saturated heterocycles. The van der Waals surface area contributed by atoms with E-state index in [4.69, 9.17) is 9.47 Å². The molecule has 0 heterocycles. The van der Waals surface area contributed by atoms with E-state index in [1.807, 2.05) is 25.1 Å². The monoisotopic (exact) mass is 368 g/mol. The molecule has 0 aliphatic heterocycles. The SMILES string of the molecule is CCCCCCCOC(=O)c1cccc(C(=O)Oc2ccccc2CC)c1. The van der Waals surface area contributed by atoms with Crippen LogP contribution in [0.4, 0.5) is 0 Å². The van der Waals surface area contributed by atoms with Crippen molar-refractivity contribution in [2.24, 2.45) is 0 Å². The van der Waals surface area contributed by atoms with Crippen LogP contribution in [0.3, 0.4) is 0 Å². The Balaban J connectivity index is 1.93. The smallest absolute Gasteiger partial charge is 0.343 e. The van der Waals surface area contributed by atoms with Crippen LogP contribution in [0, 0.1) is 0 Å². The number of unbranched alkanes of at least 4 members (excludes halogenated alkanes) is 4. The quantitative estimate of drug-likeness (QED) is 0.311. The minimum Gasteiger partial charge on any atom is -0.462 e. The number of aryl methyl sites for hydroxylation is 1. The highest BCUT2D eigenvalue weighted by Crippen LogP contribution is 2.20. The molecule has 4 heteroatoms. The maximum atomic E-state index is 12.4. The van der Waals surface area contributed by atoms with Gasteiger partial charge in [0.15, 0.2) is 0 Å². The van der Waals surface area contributed by atoms with Crippen molar-refractivity contribution >= 4 is 11.9 Å². The Kier molecular flexibility index (Phi) is 8.56. The van der Waals surface area contributed by atoms with Crippen LogP contribution in [0.25, 0.3) is 0 Å². The van der Waals surface area contributed by atoms with Gasteiger partial charge >= 0.3 is 11.9 Å². The highest BCUT2D eigenvalue weighted by atomic mass is 16.5. The number of para-hydroxylation sites is 1. The first-order valence-electron chi connectivity index (χ1n) is 9.73. The van der Waals surface area contributed by atoms with E-state index in [0.717, 1.165) is 31.2 Å². The number of carbonyl (C=O) groups is 2. The standard InChI is InChI=1S/C23H28O4/c1-3-5-6-7-10-16-26-22(24)19-13-11-14-20(17-19)23(25)27-21-15-9-8-12-18(21)4-2/h8-9,11-15,17H,3-7,10,16H2,1-2H3. The summed E-state index contributed by atoms with van der Waals surface area (Å²) in [5.74, 6) is -0.343. The van der Waals surface area contributed by atoms with Crippen molar-refractivity contribution in [1.29, 1.82) is 0 Å². The van der Waals surface area contributed by atoms with E-state index in [0.29, 0.717) is 23.5 Å². The van der Waals surface area contributed by atoms with Crippen LogP contribution in [0.15, 0.2) is 48.5 Å². The highest BCUT2D eigenvalue weighted by Gasteiger charge is 2.14. The fourth-order valence-electron chi connectivity index (χ4n) is 2.78. The van der Waals surface area contributed by atoms with Crippen molar-refractivity contribution < 1.29 is 19.1 Å². The van der Waals surface area contributed by atoms with Gasteiger partial charge in [-0.1, -0.05) is 63.8 Å². The van der Waals surface area contributed by atoms with E-state index in [1.165, 1.54) is 18.9 Å². The van der Waals surface area contributed by atoms with Gasteiger partial charge in [0.05, 0.1) is 17.7 Å². The zero-order valence-electron chi connectivity index (χ0n) is 16.2. The Bertz CT molecular complexity index is 752. The lowest BCUT2D eigenvalue weighted by atomic mass is 10.1. The van der Waals surface area contributed by atoms with Crippen molar-refractivity contribution in [3.05, 3.63) is 65.2 Å². The molecule has 0 atom stereocenters. The molecule has 0 spiro atoms. The molecule has 2 aromatic carbocycles. The van der Waals surface area contributed by atoms with Crippen LogP contribution >= 0.6 is 0 Å². The fourth-order valence-corrected chi connectivity index (χ4v) is 2.78. The fraction of sp³-hybridized carbons (Fsp3) is 0.391. The maximum absolute atomic E-state index is 12.4. The van der Waals surface area contributed by atoms with Crippen LogP contribution in [0.5, 0.6) is 5.75 Å². The Labute approximate surface area is 161 Å². The molecule has 0 amide bonds. The van der Waals surface area contributed by atoms with Crippen LogP contribution in [-0.2, 0) is 11.2 Å². The van der Waals surface area contributed by atoms with E-state index in [9.17, 15) is 9.59 Å². The summed E-state index contributed by atoms with van der Waals surface area (Å²) < 4.78 is 10.8. The topological polar surface area (TPSA) is 52.6 Å². The molecule has 0 aliphatic carbocycles. The van der Waals surface area contributed by atoms with Gasteiger partial charge in [0, 0.05) is 0 Å². The molecule has 4 nitrogen and oxygen atoms in total. The van der Waals surface area contributed by atoms with Gasteiger partial charge in [-0.05, 0) is 42.7 Å². The van der Waals surface area contributed by atoms with E-state index in [-0.39, 0.29) is 0 Å². The first kappa shape index (κ1) is 20.7. The minimum absolute atomic E-state index is 0.332. The van der Waals surface area contributed by atoms with Crippen LogP contribution in [0.1, 0.15) is 72.2 Å². The zero-order valence-corrected chi connectivity index (χ0v) is 16.2. The van der Waals surface area contributed by atoms with E-state index in [1.54, 1.807) is 24.3 Å². The van der Waals surface area contributed by atoms with Gasteiger partial charge in [-0.25, -0.2) is 9.59 Å². The molecule has 0 aliphatic rings. The van der Waals surface area contributed by atoms with E-state index >= 15 is 0 Å². The molecule has 2 aromatic rings. The third-order valence-corrected chi connectivity index (χ3v) is 4.37. The summed E-state index contributed by atoms with van der Waals surface area (Å²) in [5, 5.41) is 0. The molecule has 2 rings (SSSR count). The van der Waals surface area contributed by atoms with Crippen molar-refractivity contribution in [2.45, 2.75) is 52.4 Å². The normalized spacial score (nSPS) is 10.4. The van der Waals surface area contributed by atoms with Crippen LogP contribution in [0.2, 0.25) is 0 Å². The summed E-state index contributed by atoms with van der Waals surface area (Å²) in [4.78, 5) is 24.6. The van der Waals surface area contributed by atoms with Crippen molar-refractivity contribution in [3.8, 4) is 5.75 Å². The lowest BCUT2D eigenvalue weighted by Crippen LogP contribution is -2.12. The first-order chi connectivity index (χ1) is 13.2. The van der Waals surface area contributed by atoms with Crippen molar-refractivity contribution in [1.82, 2.24) is 0 Å². The minimum atomic E-state index is -0.481. The second kappa shape index (κ2) is 11.2. The molecule has 0 N–H and O–H groups in total. The Morgan fingerprint density at radius 1 is 0.815 bits per heavy atom. The number of carbonyl (C=O) groups excluding carboxylic acids is 2. The summed E-state index contributed by atoms with van der Waals surface area (Å²) >= 11 is 0. The summed E-state index contributed by atoms with van der Waals surface area (Å²) in [7, 11) is 0. The van der Waals surface area contributed by atoms with Gasteiger partial charge in [-0.15, -0.1) is 0 Å². The Hall–Kier alpha value is -2.62. The predicted molar refractivity (Wildman–Crippen MR) is 106 cm³/mol. The van der Waals surface area contributed by atoms with E-state index in [2.05, 4.69) is 6.92 Å². The van der Waals surface area contributed by atoms with Crippen molar-refractivity contribution in [2.75, 3.05) is 6.61 Å². The van der Waals surface area contributed by atoms with Gasteiger partial charge in [0.25, 0.3) is 0 Å². The number of benzene rings is 2. The van der Waals surface area contributed by atoms with E-state index < -0.39 is 11.9 Å². The third-order valence-electron chi connectivity index (χ3n) is 4.37. The maximum Gasteiger partial charge on any atom is 0.343 e. The number of rotatable bonds is 10. The molecule has 0 aromatic heterocycles. The number of hydrogen-bond acceptors (Lipinski definition) is 4. The van der Waals surface area contributed by atoms with Gasteiger partial charge in [-0.2, -0.15) is 0 Å². The lowest BCUT2D eigenvalue weighted by Gasteiger charge is -2.09. The van der Waals surface area contributed by atoms with Gasteiger partial charge in [-0.3, -0.25) is 0 Å². The largest absolute Gasteiger partial charge is 0.462 e. The molecule has 0 unspecified atom stereocenters. The molecule has 0 fully saturated rings. The number of hydrogen-bond donors (Lipinski definition) is 0. The van der Waals surface area contributed by atoms with Gasteiger partial charge in [0.2, 0.25) is 0 Å². The molecule has 0 bridgehead atoms. The van der Waals surface area contributed by atoms with Crippen molar-refractivity contribution in [3.63, 3.8) is 0 Å². The van der Waals surface area contributed by atoms with Gasteiger partial charge < -0.3 is 9.47 Å². The van der Waals surface area contributed by atoms with Gasteiger partial charge in [0.1, 0.15) is 5.75 Å². The average Bonchev–Trinajstić information content (AvgIpc) is 2.71. The molecular weight excluding hydrogens is 340 g/mol. The molecular formula is C23H28O4.